The molecule has 5 nitrogen and oxygen atoms in total. The highest BCUT2D eigenvalue weighted by Crippen LogP contribution is 2.25. The van der Waals surface area contributed by atoms with Crippen LogP contribution in [0.1, 0.15) is 33.5 Å². The van der Waals surface area contributed by atoms with E-state index in [4.69, 9.17) is 0 Å². The van der Waals surface area contributed by atoms with E-state index >= 15 is 0 Å². The highest BCUT2D eigenvalue weighted by molar-refractivity contribution is 7.70. The number of aromatic nitrogens is 1. The molecule has 1 heterocycles. The number of pyridine rings is 1. The summed E-state index contributed by atoms with van der Waals surface area (Å²) in [4.78, 5) is 17.0. The van der Waals surface area contributed by atoms with E-state index in [9.17, 15) is 26.4 Å². The first-order valence-electron chi connectivity index (χ1n) is 8.73. The first-order chi connectivity index (χ1) is 13.8. The van der Waals surface area contributed by atoms with E-state index in [1.165, 1.54) is 12.1 Å². The molecule has 0 bridgehead atoms. The Balaban J connectivity index is 1.97. The SMILES string of the molecule is Cc1cnc2ccc(C(=O)c3c(F)c(F)cc(CCCN[SH](=O)=O)c3F)cc2c1. The smallest absolute Gasteiger partial charge is 0.201 e. The van der Waals surface area contributed by atoms with Crippen LogP contribution in [-0.4, -0.2) is 25.7 Å². The summed E-state index contributed by atoms with van der Waals surface area (Å²) in [7, 11) is -2.80. The average molecular weight is 422 g/mol. The first kappa shape index (κ1) is 20.9. The maximum atomic E-state index is 14.8. The second kappa shape index (κ2) is 8.71. The van der Waals surface area contributed by atoms with Crippen molar-refractivity contribution in [3.63, 3.8) is 0 Å². The fourth-order valence-electron chi connectivity index (χ4n) is 3.01. The minimum Gasteiger partial charge on any atom is -0.288 e. The summed E-state index contributed by atoms with van der Waals surface area (Å²) in [5, 5.41) is 0.617. The Hall–Kier alpha value is -2.78. The highest BCUT2D eigenvalue weighted by atomic mass is 32.2. The van der Waals surface area contributed by atoms with Crippen molar-refractivity contribution in [3.8, 4) is 0 Å². The Morgan fingerprint density at radius 2 is 1.86 bits per heavy atom. The second-order valence-corrected chi connectivity index (χ2v) is 7.37. The Morgan fingerprint density at radius 3 is 2.59 bits per heavy atom. The van der Waals surface area contributed by atoms with Gasteiger partial charge in [0.15, 0.2) is 17.4 Å². The molecule has 0 fully saturated rings. The minimum absolute atomic E-state index is 0.00395. The predicted molar refractivity (Wildman–Crippen MR) is 103 cm³/mol. The van der Waals surface area contributed by atoms with Crippen LogP contribution in [0.2, 0.25) is 0 Å². The third-order valence-corrected chi connectivity index (χ3v) is 4.88. The number of rotatable bonds is 7. The van der Waals surface area contributed by atoms with Crippen molar-refractivity contribution in [2.24, 2.45) is 0 Å². The van der Waals surface area contributed by atoms with Crippen LogP contribution in [0.3, 0.4) is 0 Å². The number of carbonyl (C=O) groups excluding carboxylic acids is 1. The molecule has 2 aromatic carbocycles. The van der Waals surface area contributed by atoms with Gasteiger partial charge in [0.2, 0.25) is 10.9 Å². The fourth-order valence-corrected chi connectivity index (χ4v) is 3.35. The summed E-state index contributed by atoms with van der Waals surface area (Å²) in [6.07, 6.45) is 1.74. The van der Waals surface area contributed by atoms with Crippen LogP contribution >= 0.6 is 0 Å². The van der Waals surface area contributed by atoms with Crippen LogP contribution in [0.25, 0.3) is 10.9 Å². The number of hydrogen-bond acceptors (Lipinski definition) is 4. The standard InChI is InChI=1S/C20H17F3N2O3S/c1-11-7-14-8-13(4-5-16(14)24-10-11)20(26)17-18(22)12(9-15(21)19(17)23)3-2-6-25-29(27)28/h4-5,7-10,29H,2-3,6H2,1H3,(H,25,27,28). The molecule has 0 amide bonds. The maximum Gasteiger partial charge on any atom is 0.201 e. The third kappa shape index (κ3) is 4.63. The van der Waals surface area contributed by atoms with Gasteiger partial charge in [0.1, 0.15) is 5.82 Å². The number of fused-ring (bicyclic) bond motifs is 1. The molecule has 0 radical (unpaired) electrons. The Kier molecular flexibility index (Phi) is 6.29. The molecule has 3 rings (SSSR count). The van der Waals surface area contributed by atoms with E-state index in [0.29, 0.717) is 17.0 Å². The van der Waals surface area contributed by atoms with E-state index in [-0.39, 0.29) is 30.5 Å². The lowest BCUT2D eigenvalue weighted by molar-refractivity contribution is 0.102. The van der Waals surface area contributed by atoms with Gasteiger partial charge < -0.3 is 0 Å². The molecular formula is C20H17F3N2O3S. The number of carbonyl (C=O) groups is 1. The van der Waals surface area contributed by atoms with Gasteiger partial charge in [0, 0.05) is 23.7 Å². The minimum atomic E-state index is -2.80. The van der Waals surface area contributed by atoms with Crippen molar-refractivity contribution >= 4 is 27.6 Å². The van der Waals surface area contributed by atoms with Crippen molar-refractivity contribution in [2.75, 3.05) is 6.54 Å². The number of hydrogen-bond donors (Lipinski definition) is 2. The fraction of sp³-hybridized carbons (Fsp3) is 0.200. The van der Waals surface area contributed by atoms with Crippen molar-refractivity contribution in [1.29, 1.82) is 0 Å². The molecule has 29 heavy (non-hydrogen) atoms. The number of thiol groups is 1. The van der Waals surface area contributed by atoms with Gasteiger partial charge >= 0.3 is 0 Å². The summed E-state index contributed by atoms with van der Waals surface area (Å²) in [6, 6.07) is 6.85. The zero-order valence-electron chi connectivity index (χ0n) is 15.3. The molecule has 1 aromatic heterocycles. The molecule has 0 unspecified atom stereocenters. The number of nitrogens with zero attached hydrogens (tertiary/aromatic N) is 1. The zero-order chi connectivity index (χ0) is 21.1. The van der Waals surface area contributed by atoms with Crippen molar-refractivity contribution in [3.05, 3.63) is 76.2 Å². The third-order valence-electron chi connectivity index (χ3n) is 4.40. The largest absolute Gasteiger partial charge is 0.288 e. The number of aryl methyl sites for hydroxylation is 2. The van der Waals surface area contributed by atoms with E-state index in [1.54, 1.807) is 18.3 Å². The molecule has 0 spiro atoms. The number of halogens is 3. The van der Waals surface area contributed by atoms with Gasteiger partial charge in [-0.15, -0.1) is 0 Å². The molecule has 0 aliphatic rings. The molecule has 3 aromatic rings. The molecule has 152 valence electrons. The number of nitrogens with one attached hydrogen (secondary N) is 1. The normalized spacial score (nSPS) is 11.3. The van der Waals surface area contributed by atoms with E-state index in [1.807, 2.05) is 6.92 Å². The summed E-state index contributed by atoms with van der Waals surface area (Å²) in [5.74, 6) is -5.03. The zero-order valence-corrected chi connectivity index (χ0v) is 16.2. The van der Waals surface area contributed by atoms with Crippen LogP contribution in [-0.2, 0) is 17.3 Å². The predicted octanol–water partition coefficient (Wildman–Crippen LogP) is 3.24. The van der Waals surface area contributed by atoms with Gasteiger partial charge in [-0.2, -0.15) is 0 Å². The summed E-state index contributed by atoms with van der Waals surface area (Å²) >= 11 is 0. The number of ketones is 1. The topological polar surface area (TPSA) is 76.1 Å². The van der Waals surface area contributed by atoms with Crippen molar-refractivity contribution < 1.29 is 26.4 Å². The van der Waals surface area contributed by atoms with Crippen molar-refractivity contribution in [1.82, 2.24) is 9.71 Å². The quantitative estimate of drug-likeness (QED) is 0.265. The molecule has 0 saturated heterocycles. The van der Waals surface area contributed by atoms with Gasteiger partial charge in [-0.1, -0.05) is 0 Å². The monoisotopic (exact) mass is 422 g/mol. The summed E-state index contributed by atoms with van der Waals surface area (Å²) in [5.41, 5.74) is 0.290. The Labute approximate surface area is 166 Å². The molecule has 0 saturated carbocycles. The van der Waals surface area contributed by atoms with Gasteiger partial charge in [0.05, 0.1) is 11.1 Å². The van der Waals surface area contributed by atoms with Crippen LogP contribution < -0.4 is 4.72 Å². The Bertz CT molecular complexity index is 1170. The first-order valence-corrected chi connectivity index (χ1v) is 9.91. The highest BCUT2D eigenvalue weighted by Gasteiger charge is 2.25. The average Bonchev–Trinajstić information content (AvgIpc) is 2.68. The Morgan fingerprint density at radius 1 is 1.10 bits per heavy atom. The van der Waals surface area contributed by atoms with E-state index in [2.05, 4.69) is 9.71 Å². The van der Waals surface area contributed by atoms with Gasteiger partial charge in [-0.3, -0.25) is 9.78 Å². The van der Waals surface area contributed by atoms with Crippen molar-refractivity contribution in [2.45, 2.75) is 19.8 Å². The van der Waals surface area contributed by atoms with Gasteiger partial charge in [-0.05, 0) is 61.2 Å². The van der Waals surface area contributed by atoms with Crippen LogP contribution in [0.5, 0.6) is 0 Å². The summed E-state index contributed by atoms with van der Waals surface area (Å²) < 4.78 is 66.3. The second-order valence-electron chi connectivity index (χ2n) is 6.54. The summed E-state index contributed by atoms with van der Waals surface area (Å²) in [6.45, 7) is 1.83. The molecular weight excluding hydrogens is 405 g/mol. The van der Waals surface area contributed by atoms with E-state index < -0.39 is 39.7 Å². The lowest BCUT2D eigenvalue weighted by atomic mass is 9.96. The van der Waals surface area contributed by atoms with Gasteiger partial charge in [-0.25, -0.2) is 26.3 Å². The molecule has 0 aliphatic heterocycles. The molecule has 9 heteroatoms. The van der Waals surface area contributed by atoms with Gasteiger partial charge in [0.25, 0.3) is 0 Å². The van der Waals surface area contributed by atoms with Crippen LogP contribution in [0, 0.1) is 24.4 Å². The van der Waals surface area contributed by atoms with Crippen LogP contribution in [0.4, 0.5) is 13.2 Å². The molecule has 0 atom stereocenters. The number of benzene rings is 2. The molecule has 0 aliphatic carbocycles. The lowest BCUT2D eigenvalue weighted by Gasteiger charge is -2.11. The maximum absolute atomic E-state index is 14.8. The van der Waals surface area contributed by atoms with Crippen LogP contribution in [0.15, 0.2) is 36.5 Å². The molecule has 1 N–H and O–H groups in total. The lowest BCUT2D eigenvalue weighted by Crippen LogP contribution is -2.15. The van der Waals surface area contributed by atoms with E-state index in [0.717, 1.165) is 5.56 Å².